The zero-order valence-corrected chi connectivity index (χ0v) is 13.1. The number of benzene rings is 2. The number of rotatable bonds is 5. The van der Waals surface area contributed by atoms with Crippen molar-refractivity contribution in [1.29, 1.82) is 0 Å². The Labute approximate surface area is 131 Å². The normalized spacial score (nSPS) is 11.0. The minimum atomic E-state index is 0.583. The molecule has 112 valence electrons. The van der Waals surface area contributed by atoms with Crippen molar-refractivity contribution in [1.82, 2.24) is 15.0 Å². The van der Waals surface area contributed by atoms with Crippen LogP contribution in [-0.4, -0.2) is 15.0 Å². The summed E-state index contributed by atoms with van der Waals surface area (Å²) in [6.07, 6.45) is 3.91. The number of hydrogen-bond donors (Lipinski definition) is 0. The van der Waals surface area contributed by atoms with Crippen molar-refractivity contribution in [3.05, 3.63) is 77.6 Å². The highest BCUT2D eigenvalue weighted by molar-refractivity contribution is 5.30. The summed E-state index contributed by atoms with van der Waals surface area (Å²) in [6.45, 7) is 4.44. The van der Waals surface area contributed by atoms with Crippen molar-refractivity contribution < 1.29 is 0 Å². The molecular formula is C19H21N3. The number of para-hydroxylation sites is 1. The minimum Gasteiger partial charge on any atom is -0.220 e. The maximum Gasteiger partial charge on any atom is 0.0835 e. The lowest BCUT2D eigenvalue weighted by atomic mass is 10.00. The van der Waals surface area contributed by atoms with Gasteiger partial charge in [0, 0.05) is 0 Å². The van der Waals surface area contributed by atoms with Crippen molar-refractivity contribution in [2.24, 2.45) is 0 Å². The van der Waals surface area contributed by atoms with E-state index in [9.17, 15) is 0 Å². The Bertz CT molecular complexity index is 712. The van der Waals surface area contributed by atoms with Crippen molar-refractivity contribution in [2.75, 3.05) is 0 Å². The van der Waals surface area contributed by atoms with E-state index in [2.05, 4.69) is 48.4 Å². The van der Waals surface area contributed by atoms with Crippen LogP contribution in [0.3, 0.4) is 0 Å². The molecule has 0 atom stereocenters. The predicted octanol–water partition coefficient (Wildman–Crippen LogP) is 4.18. The second-order valence-corrected chi connectivity index (χ2v) is 5.89. The molecule has 0 aliphatic rings. The molecule has 3 nitrogen and oxygen atoms in total. The molecule has 0 aliphatic heterocycles. The third-order valence-corrected chi connectivity index (χ3v) is 3.88. The molecule has 0 amide bonds. The quantitative estimate of drug-likeness (QED) is 0.706. The second kappa shape index (κ2) is 6.56. The van der Waals surface area contributed by atoms with E-state index in [4.69, 9.17) is 0 Å². The molecule has 3 heteroatoms. The summed E-state index contributed by atoms with van der Waals surface area (Å²) in [5.74, 6) is 0.583. The standard InChI is InChI=1S/C19H21N3/c1-15(2)17-11-8-16(9-12-17)10-13-18-14-22(21-20-18)19-6-4-3-5-7-19/h3-9,11-12,14-15H,10,13H2,1-2H3. The van der Waals surface area contributed by atoms with Crippen molar-refractivity contribution in [3.8, 4) is 5.69 Å². The lowest BCUT2D eigenvalue weighted by Crippen LogP contribution is -1.94. The number of hydrogen-bond acceptors (Lipinski definition) is 2. The van der Waals surface area contributed by atoms with Gasteiger partial charge in [-0.3, -0.25) is 0 Å². The Hall–Kier alpha value is -2.42. The molecule has 2 aromatic carbocycles. The molecule has 1 aromatic heterocycles. The lowest BCUT2D eigenvalue weighted by molar-refractivity contribution is 0.794. The molecule has 0 fully saturated rings. The van der Waals surface area contributed by atoms with Gasteiger partial charge in [-0.05, 0) is 42.0 Å². The van der Waals surface area contributed by atoms with E-state index in [1.54, 1.807) is 0 Å². The summed E-state index contributed by atoms with van der Waals surface area (Å²) < 4.78 is 1.83. The highest BCUT2D eigenvalue weighted by atomic mass is 15.4. The average Bonchev–Trinajstić information content (AvgIpc) is 3.03. The minimum absolute atomic E-state index is 0.583. The van der Waals surface area contributed by atoms with Crippen LogP contribution >= 0.6 is 0 Å². The molecule has 22 heavy (non-hydrogen) atoms. The maximum absolute atomic E-state index is 4.27. The third kappa shape index (κ3) is 3.42. The van der Waals surface area contributed by atoms with Gasteiger partial charge in [0.05, 0.1) is 17.6 Å². The Balaban J connectivity index is 1.63. The van der Waals surface area contributed by atoms with E-state index in [-0.39, 0.29) is 0 Å². The predicted molar refractivity (Wildman–Crippen MR) is 89.3 cm³/mol. The summed E-state index contributed by atoms with van der Waals surface area (Å²) in [7, 11) is 0. The van der Waals surface area contributed by atoms with Gasteiger partial charge < -0.3 is 0 Å². The Morgan fingerprint density at radius 1 is 0.909 bits per heavy atom. The zero-order chi connectivity index (χ0) is 15.4. The summed E-state index contributed by atoms with van der Waals surface area (Å²) in [4.78, 5) is 0. The number of nitrogens with zero attached hydrogens (tertiary/aromatic N) is 3. The molecule has 0 unspecified atom stereocenters. The second-order valence-electron chi connectivity index (χ2n) is 5.89. The van der Waals surface area contributed by atoms with E-state index in [1.165, 1.54) is 11.1 Å². The Morgan fingerprint density at radius 3 is 2.32 bits per heavy atom. The average molecular weight is 291 g/mol. The van der Waals surface area contributed by atoms with Crippen LogP contribution in [0.1, 0.15) is 36.6 Å². The topological polar surface area (TPSA) is 30.7 Å². The molecule has 0 bridgehead atoms. The van der Waals surface area contributed by atoms with Crippen LogP contribution in [0.2, 0.25) is 0 Å². The molecule has 1 heterocycles. The molecule has 3 rings (SSSR count). The first kappa shape index (κ1) is 14.5. The molecule has 0 aliphatic carbocycles. The van der Waals surface area contributed by atoms with E-state index < -0.39 is 0 Å². The van der Waals surface area contributed by atoms with Crippen molar-refractivity contribution in [2.45, 2.75) is 32.6 Å². The van der Waals surface area contributed by atoms with E-state index in [0.717, 1.165) is 24.2 Å². The fourth-order valence-corrected chi connectivity index (χ4v) is 2.46. The smallest absolute Gasteiger partial charge is 0.0835 e. The van der Waals surface area contributed by atoms with Crippen LogP contribution in [0.25, 0.3) is 5.69 Å². The molecule has 0 saturated carbocycles. The van der Waals surface area contributed by atoms with Crippen LogP contribution in [-0.2, 0) is 12.8 Å². The van der Waals surface area contributed by atoms with Crippen LogP contribution in [0.5, 0.6) is 0 Å². The van der Waals surface area contributed by atoms with Gasteiger partial charge in [-0.1, -0.05) is 61.5 Å². The van der Waals surface area contributed by atoms with Gasteiger partial charge in [0.25, 0.3) is 0 Å². The summed E-state index contributed by atoms with van der Waals surface area (Å²) in [6, 6.07) is 19.0. The molecule has 0 spiro atoms. The third-order valence-electron chi connectivity index (χ3n) is 3.88. The van der Waals surface area contributed by atoms with Crippen LogP contribution in [0, 0.1) is 0 Å². The summed E-state index contributed by atoms with van der Waals surface area (Å²) >= 11 is 0. The number of aryl methyl sites for hydroxylation is 2. The first-order chi connectivity index (χ1) is 10.7. The van der Waals surface area contributed by atoms with Crippen LogP contribution in [0.4, 0.5) is 0 Å². The molecule has 0 N–H and O–H groups in total. The van der Waals surface area contributed by atoms with Gasteiger partial charge >= 0.3 is 0 Å². The van der Waals surface area contributed by atoms with Crippen LogP contribution in [0.15, 0.2) is 60.8 Å². The first-order valence-corrected chi connectivity index (χ1v) is 7.78. The SMILES string of the molecule is CC(C)c1ccc(CCc2cn(-c3ccccc3)nn2)cc1. The number of aromatic nitrogens is 3. The zero-order valence-electron chi connectivity index (χ0n) is 13.1. The van der Waals surface area contributed by atoms with Gasteiger partial charge in [-0.25, -0.2) is 4.68 Å². The van der Waals surface area contributed by atoms with Crippen molar-refractivity contribution in [3.63, 3.8) is 0 Å². The fourth-order valence-electron chi connectivity index (χ4n) is 2.46. The van der Waals surface area contributed by atoms with Crippen LogP contribution < -0.4 is 0 Å². The highest BCUT2D eigenvalue weighted by Crippen LogP contribution is 2.15. The summed E-state index contributed by atoms with van der Waals surface area (Å²) in [5.41, 5.74) is 4.80. The molecule has 0 saturated heterocycles. The highest BCUT2D eigenvalue weighted by Gasteiger charge is 2.04. The van der Waals surface area contributed by atoms with E-state index >= 15 is 0 Å². The molecule has 3 aromatic rings. The first-order valence-electron chi connectivity index (χ1n) is 7.78. The fraction of sp³-hybridized carbons (Fsp3) is 0.263. The van der Waals surface area contributed by atoms with Gasteiger partial charge in [0.1, 0.15) is 0 Å². The Morgan fingerprint density at radius 2 is 1.64 bits per heavy atom. The van der Waals surface area contributed by atoms with Gasteiger partial charge in [-0.15, -0.1) is 5.10 Å². The van der Waals surface area contributed by atoms with E-state index in [0.29, 0.717) is 5.92 Å². The van der Waals surface area contributed by atoms with E-state index in [1.807, 2.05) is 41.2 Å². The van der Waals surface area contributed by atoms with Gasteiger partial charge in [0.15, 0.2) is 0 Å². The largest absolute Gasteiger partial charge is 0.220 e. The maximum atomic E-state index is 4.27. The monoisotopic (exact) mass is 291 g/mol. The molecule has 0 radical (unpaired) electrons. The lowest BCUT2D eigenvalue weighted by Gasteiger charge is -2.06. The van der Waals surface area contributed by atoms with Crippen molar-refractivity contribution >= 4 is 0 Å². The summed E-state index contributed by atoms with van der Waals surface area (Å²) in [5, 5.41) is 8.47. The Kier molecular flexibility index (Phi) is 4.33. The molecular weight excluding hydrogens is 270 g/mol. The van der Waals surface area contributed by atoms with Gasteiger partial charge in [-0.2, -0.15) is 0 Å². The van der Waals surface area contributed by atoms with Gasteiger partial charge in [0.2, 0.25) is 0 Å².